The number of sulfone groups is 2. The van der Waals surface area contributed by atoms with Crippen molar-refractivity contribution in [2.45, 2.75) is 289 Å². The molecule has 0 N–H and O–H groups in total. The van der Waals surface area contributed by atoms with E-state index in [4.69, 9.17) is 8.75 Å². The summed E-state index contributed by atoms with van der Waals surface area (Å²) in [7, 11) is -7.48. The molecule has 592 valence electrons. The first kappa shape index (κ1) is 82.6. The lowest BCUT2D eigenvalue weighted by Gasteiger charge is -2.33. The number of benzene rings is 7. The molecule has 0 saturated carbocycles. The topological polar surface area (TPSA) is 94.1 Å². The SMILES string of the molecule is CCCCCCCCCCC1(CCCCCCCCCC)c2cc(-c3ccc(-c4ccc(-c5ccc(-c6ccc(-c7ccc(-c8ccc9c(c8)C(CCCCCCCCCC)(CCCCCCCCCC)c8cc(S(=O)(=O)c%10ccccc%10)ccc8-9)s7)s6)c6nsnc56)s4)s3)ccc2-c2ccc(S(=O)(=O)c3ccccc3)cc21. The molecule has 7 aromatic carbocycles. The molecule has 0 radical (unpaired) electrons. The molecule has 12 aromatic rings. The van der Waals surface area contributed by atoms with Crippen LogP contribution in [0.25, 0.3) is 94.6 Å². The highest BCUT2D eigenvalue weighted by Crippen LogP contribution is 2.59. The number of thiophene rings is 4. The van der Waals surface area contributed by atoms with E-state index in [1.807, 2.05) is 93.9 Å². The normalized spacial score (nSPS) is 13.5. The Bertz CT molecular complexity index is 4960. The van der Waals surface area contributed by atoms with Gasteiger partial charge in [0.15, 0.2) is 0 Å². The molecule has 14 rings (SSSR count). The van der Waals surface area contributed by atoms with Gasteiger partial charge in [-0.3, -0.25) is 0 Å². The van der Waals surface area contributed by atoms with Gasteiger partial charge in [-0.25, -0.2) is 16.8 Å². The van der Waals surface area contributed by atoms with E-state index >= 15 is 0 Å². The van der Waals surface area contributed by atoms with Gasteiger partial charge in [0.2, 0.25) is 19.7 Å². The second-order valence-corrected chi connectivity index (χ2v) is 41.2. The Morgan fingerprint density at radius 3 is 0.823 bits per heavy atom. The Hall–Kier alpha value is -6.94. The molecule has 13 heteroatoms. The van der Waals surface area contributed by atoms with E-state index in [1.54, 1.807) is 24.3 Å². The number of nitrogens with zero attached hydrogens (tertiary/aromatic N) is 2. The number of unbranched alkanes of at least 4 members (excludes halogenated alkanes) is 28. The van der Waals surface area contributed by atoms with Crippen molar-refractivity contribution in [2.24, 2.45) is 0 Å². The van der Waals surface area contributed by atoms with Crippen molar-refractivity contribution in [2.75, 3.05) is 0 Å². The van der Waals surface area contributed by atoms with Crippen molar-refractivity contribution >= 4 is 87.8 Å². The minimum atomic E-state index is -3.74. The lowest BCUT2D eigenvalue weighted by Crippen LogP contribution is -2.26. The molecule has 5 aromatic heterocycles. The van der Waals surface area contributed by atoms with Gasteiger partial charge in [0, 0.05) is 61.0 Å². The van der Waals surface area contributed by atoms with Crippen molar-refractivity contribution in [1.82, 2.24) is 8.75 Å². The van der Waals surface area contributed by atoms with E-state index in [2.05, 4.69) is 149 Å². The lowest BCUT2D eigenvalue weighted by atomic mass is 9.70. The van der Waals surface area contributed by atoms with Gasteiger partial charge in [-0.2, -0.15) is 8.75 Å². The van der Waals surface area contributed by atoms with Crippen molar-refractivity contribution in [3.8, 4) is 83.5 Å². The summed E-state index contributed by atoms with van der Waals surface area (Å²) in [6.45, 7) is 9.16. The van der Waals surface area contributed by atoms with Gasteiger partial charge in [0.05, 0.1) is 31.3 Å². The maximum Gasteiger partial charge on any atom is 0.206 e. The average Bonchev–Trinajstić information content (AvgIpc) is 1.57. The van der Waals surface area contributed by atoms with Crippen molar-refractivity contribution in [3.05, 3.63) is 216 Å². The molecule has 2 aliphatic rings. The summed E-state index contributed by atoms with van der Waals surface area (Å²) >= 11 is 8.63. The van der Waals surface area contributed by atoms with Crippen LogP contribution < -0.4 is 0 Å². The van der Waals surface area contributed by atoms with Gasteiger partial charge in [-0.05, 0) is 191 Å². The molecule has 0 fully saturated rings. The van der Waals surface area contributed by atoms with Crippen LogP contribution in [-0.4, -0.2) is 25.6 Å². The minimum Gasteiger partial charge on any atom is -0.219 e. The summed E-state index contributed by atoms with van der Waals surface area (Å²) in [5, 5.41) is 0. The van der Waals surface area contributed by atoms with Crippen LogP contribution in [0.15, 0.2) is 214 Å². The maximum atomic E-state index is 14.5. The van der Waals surface area contributed by atoms with Gasteiger partial charge < -0.3 is 0 Å². The number of hydrogen-bond donors (Lipinski definition) is 0. The summed E-state index contributed by atoms with van der Waals surface area (Å²) in [5.74, 6) is 0. The molecule has 0 unspecified atom stereocenters. The molecular formula is C100H116N2O4S7. The Labute approximate surface area is 696 Å². The van der Waals surface area contributed by atoms with Gasteiger partial charge >= 0.3 is 0 Å². The summed E-state index contributed by atoms with van der Waals surface area (Å²) in [6.07, 6.45) is 44.0. The molecule has 6 nitrogen and oxygen atoms in total. The van der Waals surface area contributed by atoms with E-state index in [-0.39, 0.29) is 10.8 Å². The fraction of sp³-hybridized carbons (Fsp3) is 0.420. The number of rotatable bonds is 46. The van der Waals surface area contributed by atoms with E-state index < -0.39 is 19.7 Å². The average molecular weight is 1630 g/mol. The predicted molar refractivity (Wildman–Crippen MR) is 487 cm³/mol. The highest BCUT2D eigenvalue weighted by Gasteiger charge is 2.45. The third-order valence-electron chi connectivity index (χ3n) is 24.6. The molecule has 0 aliphatic heterocycles. The summed E-state index contributed by atoms with van der Waals surface area (Å²) in [5.41, 5.74) is 15.9. The zero-order chi connectivity index (χ0) is 78.0. The molecule has 5 heterocycles. The van der Waals surface area contributed by atoms with Crippen LogP contribution in [0.4, 0.5) is 0 Å². The second kappa shape index (κ2) is 39.3. The molecule has 2 aliphatic carbocycles. The van der Waals surface area contributed by atoms with Crippen LogP contribution in [0.5, 0.6) is 0 Å². The first-order valence-electron chi connectivity index (χ1n) is 43.2. The lowest BCUT2D eigenvalue weighted by molar-refractivity contribution is 0.396. The van der Waals surface area contributed by atoms with Crippen LogP contribution in [0.3, 0.4) is 0 Å². The van der Waals surface area contributed by atoms with E-state index in [0.29, 0.717) is 19.6 Å². The Morgan fingerprint density at radius 1 is 0.248 bits per heavy atom. The predicted octanol–water partition coefficient (Wildman–Crippen LogP) is 32.3. The van der Waals surface area contributed by atoms with Gasteiger partial charge in [0.1, 0.15) is 11.0 Å². The Balaban J connectivity index is 0.715. The molecule has 0 bridgehead atoms. The molecule has 0 spiro atoms. The maximum absolute atomic E-state index is 14.5. The van der Waals surface area contributed by atoms with E-state index in [9.17, 15) is 16.8 Å². The smallest absolute Gasteiger partial charge is 0.206 e. The summed E-state index contributed by atoms with van der Waals surface area (Å²) in [6, 6.07) is 67.3. The van der Waals surface area contributed by atoms with Gasteiger partial charge in [-0.1, -0.05) is 318 Å². The zero-order valence-electron chi connectivity index (χ0n) is 67.3. The van der Waals surface area contributed by atoms with Gasteiger partial charge in [0.25, 0.3) is 0 Å². The van der Waals surface area contributed by atoms with E-state index in [0.717, 1.165) is 73.5 Å². The van der Waals surface area contributed by atoms with Crippen molar-refractivity contribution in [3.63, 3.8) is 0 Å². The number of hydrogen-bond acceptors (Lipinski definition) is 11. The first-order chi connectivity index (χ1) is 55.4. The number of fused-ring (bicyclic) bond motifs is 7. The highest BCUT2D eigenvalue weighted by atomic mass is 32.2. The molecular weight excluding hydrogens is 1520 g/mol. The minimum absolute atomic E-state index is 0.302. The van der Waals surface area contributed by atoms with Crippen LogP contribution in [0.2, 0.25) is 0 Å². The quantitative estimate of drug-likeness (QED) is 0.0353. The highest BCUT2D eigenvalue weighted by molar-refractivity contribution is 7.91. The van der Waals surface area contributed by atoms with Crippen LogP contribution in [0, 0.1) is 0 Å². The molecule has 0 saturated heterocycles. The number of aromatic nitrogens is 2. The second-order valence-electron chi connectivity index (χ2n) is 32.4. The van der Waals surface area contributed by atoms with E-state index in [1.165, 1.54) is 286 Å². The standard InChI is InChI=1S/C100H116N2O4S7/c1-5-9-13-17-21-25-29-39-65-99(66-40-30-26-22-18-14-10-6-2)85-69-73(47-51-79(85)81-53-49-77(71-87(81)99)112(103,104)75-43-35-33-36-44-75)89-57-61-93(107-89)95-63-59-91(109-95)83-55-56-84(98-97(83)101-111-102-98)92-60-64-96(110-92)94-62-58-90(108-94)74-48-52-80-82-54-50-78(113(105,106)76-45-37-34-38-46-76)72-88(82)100(86(80)70-74,67-41-31-27-23-19-15-11-7-3)68-42-32-28-24-20-16-12-8-4/h33-38,43-64,69-72H,5-32,39-42,65-68H2,1-4H3. The zero-order valence-corrected chi connectivity index (χ0v) is 73.0. The molecule has 113 heavy (non-hydrogen) atoms. The third kappa shape index (κ3) is 18.7. The Kier molecular flexibility index (Phi) is 28.7. The van der Waals surface area contributed by atoms with Gasteiger partial charge in [-0.15, -0.1) is 45.3 Å². The summed E-state index contributed by atoms with van der Waals surface area (Å²) < 4.78 is 68.1. The fourth-order valence-electron chi connectivity index (χ4n) is 18.4. The fourth-order valence-corrected chi connectivity index (χ4v) is 25.8. The largest absolute Gasteiger partial charge is 0.219 e. The van der Waals surface area contributed by atoms with Crippen molar-refractivity contribution in [1.29, 1.82) is 0 Å². The monoisotopic (exact) mass is 1630 g/mol. The molecule has 0 amide bonds. The first-order valence-corrected chi connectivity index (χ1v) is 50.2. The van der Waals surface area contributed by atoms with Crippen LogP contribution >= 0.6 is 57.1 Å². The Morgan fingerprint density at radius 2 is 0.504 bits per heavy atom. The summed E-state index contributed by atoms with van der Waals surface area (Å²) in [4.78, 5) is 11.2. The van der Waals surface area contributed by atoms with Crippen molar-refractivity contribution < 1.29 is 16.8 Å². The third-order valence-corrected chi connectivity index (χ3v) is 33.6. The molecule has 0 atom stereocenters. The van der Waals surface area contributed by atoms with Crippen LogP contribution in [-0.2, 0) is 30.5 Å². The van der Waals surface area contributed by atoms with Crippen LogP contribution in [0.1, 0.15) is 281 Å².